The SMILES string of the molecule is COC(=O)C(C)(CCSCC(C)C)NC(C)C. The average Bonchev–Trinajstić information content (AvgIpc) is 2.22. The highest BCUT2D eigenvalue weighted by Crippen LogP contribution is 2.18. The molecule has 0 heterocycles. The number of nitrogens with one attached hydrogen (secondary N) is 1. The Morgan fingerprint density at radius 2 is 1.94 bits per heavy atom. The van der Waals surface area contributed by atoms with Crippen LogP contribution in [0.5, 0.6) is 0 Å². The van der Waals surface area contributed by atoms with E-state index in [9.17, 15) is 4.79 Å². The summed E-state index contributed by atoms with van der Waals surface area (Å²) in [6, 6.07) is 0.272. The smallest absolute Gasteiger partial charge is 0.325 e. The zero-order valence-corrected chi connectivity index (χ0v) is 12.8. The summed E-state index contributed by atoms with van der Waals surface area (Å²) in [5.74, 6) is 2.64. The van der Waals surface area contributed by atoms with Crippen molar-refractivity contribution in [2.45, 2.75) is 52.6 Å². The molecule has 0 aliphatic rings. The van der Waals surface area contributed by atoms with Crippen LogP contribution in [0.15, 0.2) is 0 Å². The van der Waals surface area contributed by atoms with Gasteiger partial charge in [0.05, 0.1) is 7.11 Å². The number of methoxy groups -OCH3 is 1. The van der Waals surface area contributed by atoms with Crippen LogP contribution in [0.25, 0.3) is 0 Å². The number of esters is 1. The molecule has 0 rings (SSSR count). The molecule has 0 fully saturated rings. The van der Waals surface area contributed by atoms with Gasteiger partial charge in [0, 0.05) is 6.04 Å². The molecule has 3 nitrogen and oxygen atoms in total. The van der Waals surface area contributed by atoms with E-state index in [1.54, 1.807) is 0 Å². The van der Waals surface area contributed by atoms with E-state index >= 15 is 0 Å². The maximum absolute atomic E-state index is 11.8. The number of rotatable bonds is 8. The second kappa shape index (κ2) is 7.98. The Hall–Kier alpha value is -0.220. The second-order valence-electron chi connectivity index (χ2n) is 5.34. The zero-order valence-electron chi connectivity index (χ0n) is 12.0. The van der Waals surface area contributed by atoms with Gasteiger partial charge in [0.15, 0.2) is 0 Å². The Labute approximate surface area is 110 Å². The minimum absolute atomic E-state index is 0.170. The van der Waals surface area contributed by atoms with Crippen LogP contribution in [0.3, 0.4) is 0 Å². The summed E-state index contributed by atoms with van der Waals surface area (Å²) in [4.78, 5) is 11.8. The van der Waals surface area contributed by atoms with Crippen molar-refractivity contribution in [2.24, 2.45) is 5.92 Å². The third-order valence-electron chi connectivity index (χ3n) is 2.44. The molecule has 1 N–H and O–H groups in total. The maximum Gasteiger partial charge on any atom is 0.325 e. The minimum atomic E-state index is -0.563. The molecule has 0 spiro atoms. The summed E-state index contributed by atoms with van der Waals surface area (Å²) in [5.41, 5.74) is -0.563. The van der Waals surface area contributed by atoms with Gasteiger partial charge in [-0.3, -0.25) is 10.1 Å². The van der Waals surface area contributed by atoms with Crippen molar-refractivity contribution in [3.63, 3.8) is 0 Å². The molecule has 1 atom stereocenters. The van der Waals surface area contributed by atoms with Crippen LogP contribution in [0.1, 0.15) is 41.0 Å². The average molecular weight is 261 g/mol. The monoisotopic (exact) mass is 261 g/mol. The number of hydrogen-bond donors (Lipinski definition) is 1. The lowest BCUT2D eigenvalue weighted by Crippen LogP contribution is -2.53. The molecule has 0 saturated heterocycles. The third-order valence-corrected chi connectivity index (χ3v) is 3.84. The summed E-state index contributed by atoms with van der Waals surface area (Å²) in [6.45, 7) is 10.4. The molecule has 0 radical (unpaired) electrons. The first-order valence-corrected chi connectivity index (χ1v) is 7.41. The molecule has 17 heavy (non-hydrogen) atoms. The van der Waals surface area contributed by atoms with Gasteiger partial charge in [-0.1, -0.05) is 13.8 Å². The topological polar surface area (TPSA) is 38.3 Å². The molecular weight excluding hydrogens is 234 g/mol. The molecule has 0 saturated carbocycles. The van der Waals surface area contributed by atoms with Crippen LogP contribution in [0.2, 0.25) is 0 Å². The van der Waals surface area contributed by atoms with Gasteiger partial charge in [0.25, 0.3) is 0 Å². The zero-order chi connectivity index (χ0) is 13.5. The first kappa shape index (κ1) is 16.8. The van der Waals surface area contributed by atoms with E-state index in [0.717, 1.165) is 17.9 Å². The van der Waals surface area contributed by atoms with Gasteiger partial charge in [0.2, 0.25) is 0 Å². The summed E-state index contributed by atoms with van der Waals surface area (Å²) < 4.78 is 4.88. The Morgan fingerprint density at radius 1 is 1.35 bits per heavy atom. The molecule has 0 aromatic rings. The Bertz CT molecular complexity index is 231. The molecule has 102 valence electrons. The van der Waals surface area contributed by atoms with Crippen molar-refractivity contribution in [2.75, 3.05) is 18.6 Å². The largest absolute Gasteiger partial charge is 0.468 e. The first-order chi connectivity index (χ1) is 7.81. The molecule has 0 aliphatic heterocycles. The van der Waals surface area contributed by atoms with Crippen molar-refractivity contribution < 1.29 is 9.53 Å². The fourth-order valence-corrected chi connectivity index (χ4v) is 2.88. The van der Waals surface area contributed by atoms with Gasteiger partial charge < -0.3 is 4.74 Å². The lowest BCUT2D eigenvalue weighted by molar-refractivity contribution is -0.148. The molecule has 1 unspecified atom stereocenters. The number of hydrogen-bond acceptors (Lipinski definition) is 4. The highest BCUT2D eigenvalue weighted by molar-refractivity contribution is 7.99. The van der Waals surface area contributed by atoms with Gasteiger partial charge in [-0.15, -0.1) is 0 Å². The molecule has 0 aromatic heterocycles. The van der Waals surface area contributed by atoms with Crippen LogP contribution in [-0.2, 0) is 9.53 Å². The Kier molecular flexibility index (Phi) is 7.88. The number of carbonyl (C=O) groups is 1. The molecule has 0 aromatic carbocycles. The highest BCUT2D eigenvalue weighted by atomic mass is 32.2. The number of ether oxygens (including phenoxy) is 1. The van der Waals surface area contributed by atoms with E-state index in [1.165, 1.54) is 7.11 Å². The van der Waals surface area contributed by atoms with Gasteiger partial charge in [0.1, 0.15) is 5.54 Å². The normalized spacial score (nSPS) is 15.1. The standard InChI is InChI=1S/C13H27NO2S/c1-10(2)9-17-8-7-13(5,12(15)16-6)14-11(3)4/h10-11,14H,7-9H2,1-6H3. The molecular formula is C13H27NO2S. The predicted octanol–water partition coefficient (Wildman–Crippen LogP) is 2.70. The summed E-state index contributed by atoms with van der Waals surface area (Å²) >= 11 is 1.90. The van der Waals surface area contributed by atoms with Gasteiger partial charge in [-0.2, -0.15) is 11.8 Å². The molecule has 0 bridgehead atoms. The quantitative estimate of drug-likeness (QED) is 0.538. The van der Waals surface area contributed by atoms with Crippen LogP contribution < -0.4 is 5.32 Å². The number of carbonyl (C=O) groups excluding carboxylic acids is 1. The molecule has 4 heteroatoms. The van der Waals surface area contributed by atoms with E-state index in [-0.39, 0.29) is 12.0 Å². The van der Waals surface area contributed by atoms with E-state index < -0.39 is 5.54 Å². The number of thioether (sulfide) groups is 1. The molecule has 0 aliphatic carbocycles. The Balaban J connectivity index is 4.24. The molecule has 0 amide bonds. The van der Waals surface area contributed by atoms with Crippen LogP contribution in [0, 0.1) is 5.92 Å². The minimum Gasteiger partial charge on any atom is -0.468 e. The van der Waals surface area contributed by atoms with Crippen molar-refractivity contribution in [1.29, 1.82) is 0 Å². The fourth-order valence-electron chi connectivity index (χ4n) is 1.69. The second-order valence-corrected chi connectivity index (χ2v) is 6.49. The van der Waals surface area contributed by atoms with Crippen LogP contribution in [-0.4, -0.2) is 36.2 Å². The van der Waals surface area contributed by atoms with E-state index in [4.69, 9.17) is 4.74 Å². The first-order valence-electron chi connectivity index (χ1n) is 6.25. The lowest BCUT2D eigenvalue weighted by Gasteiger charge is -2.30. The Morgan fingerprint density at radius 3 is 2.35 bits per heavy atom. The summed E-state index contributed by atoms with van der Waals surface area (Å²) in [5, 5.41) is 3.31. The third kappa shape index (κ3) is 6.94. The highest BCUT2D eigenvalue weighted by Gasteiger charge is 2.34. The van der Waals surface area contributed by atoms with Crippen molar-refractivity contribution >= 4 is 17.7 Å². The van der Waals surface area contributed by atoms with Gasteiger partial charge in [-0.05, 0) is 44.6 Å². The predicted molar refractivity (Wildman–Crippen MR) is 75.5 cm³/mol. The summed E-state index contributed by atoms with van der Waals surface area (Å²) in [7, 11) is 1.45. The van der Waals surface area contributed by atoms with Crippen molar-refractivity contribution in [3.05, 3.63) is 0 Å². The fraction of sp³-hybridized carbons (Fsp3) is 0.923. The van der Waals surface area contributed by atoms with Gasteiger partial charge in [-0.25, -0.2) is 0 Å². The van der Waals surface area contributed by atoms with Crippen LogP contribution >= 0.6 is 11.8 Å². The lowest BCUT2D eigenvalue weighted by atomic mass is 9.98. The van der Waals surface area contributed by atoms with Crippen molar-refractivity contribution in [1.82, 2.24) is 5.32 Å². The van der Waals surface area contributed by atoms with Crippen molar-refractivity contribution in [3.8, 4) is 0 Å². The van der Waals surface area contributed by atoms with E-state index in [0.29, 0.717) is 5.92 Å². The van der Waals surface area contributed by atoms with Crippen LogP contribution in [0.4, 0.5) is 0 Å². The van der Waals surface area contributed by atoms with Gasteiger partial charge >= 0.3 is 5.97 Å². The van der Waals surface area contributed by atoms with E-state index in [2.05, 4.69) is 19.2 Å². The summed E-state index contributed by atoms with van der Waals surface area (Å²) in [6.07, 6.45) is 0.801. The van der Waals surface area contributed by atoms with E-state index in [1.807, 2.05) is 32.5 Å². The maximum atomic E-state index is 11.8.